The second kappa shape index (κ2) is 7.07. The topological polar surface area (TPSA) is 93.2 Å². The molecule has 0 bridgehead atoms. The highest BCUT2D eigenvalue weighted by Crippen LogP contribution is 2.27. The standard InChI is InChI=1S/C18H23N7O2/c1-23(2)11-16-19-20-17(24(16)3)13-5-4-8-25(10-13)18(26)12-6-7-14-15(9-12)22-27-21-14/h6-7,9,13H,4-5,8,10-11H2,1-3H3/t13-/m0/s1. The molecule has 1 aliphatic rings. The van der Waals surface area contributed by atoms with Gasteiger partial charge in [0.05, 0.1) is 6.54 Å². The van der Waals surface area contributed by atoms with E-state index in [0.29, 0.717) is 23.1 Å². The average molecular weight is 369 g/mol. The largest absolute Gasteiger partial charge is 0.338 e. The van der Waals surface area contributed by atoms with E-state index in [9.17, 15) is 4.79 Å². The van der Waals surface area contributed by atoms with Crippen LogP contribution >= 0.6 is 0 Å². The van der Waals surface area contributed by atoms with Crippen LogP contribution in [0.15, 0.2) is 22.8 Å². The summed E-state index contributed by atoms with van der Waals surface area (Å²) in [4.78, 5) is 16.9. The Labute approximate surface area is 156 Å². The fraction of sp³-hybridized carbons (Fsp3) is 0.500. The van der Waals surface area contributed by atoms with Crippen molar-refractivity contribution in [1.82, 2.24) is 34.9 Å². The summed E-state index contributed by atoms with van der Waals surface area (Å²) < 4.78 is 6.78. The lowest BCUT2D eigenvalue weighted by Crippen LogP contribution is -2.39. The maximum absolute atomic E-state index is 13.0. The molecule has 1 saturated heterocycles. The van der Waals surface area contributed by atoms with Gasteiger partial charge in [-0.1, -0.05) is 0 Å². The van der Waals surface area contributed by atoms with Crippen LogP contribution in [0.5, 0.6) is 0 Å². The second-order valence-corrected chi connectivity index (χ2v) is 7.33. The molecule has 0 unspecified atom stereocenters. The zero-order valence-electron chi connectivity index (χ0n) is 15.8. The summed E-state index contributed by atoms with van der Waals surface area (Å²) in [5, 5.41) is 16.3. The van der Waals surface area contributed by atoms with Crippen molar-refractivity contribution in [1.29, 1.82) is 0 Å². The predicted molar refractivity (Wildman–Crippen MR) is 98.1 cm³/mol. The van der Waals surface area contributed by atoms with Crippen LogP contribution in [0, 0.1) is 0 Å². The van der Waals surface area contributed by atoms with E-state index in [1.807, 2.05) is 26.0 Å². The molecule has 0 radical (unpaired) electrons. The fourth-order valence-electron chi connectivity index (χ4n) is 3.62. The molecule has 1 aromatic carbocycles. The number of rotatable bonds is 4. The number of fused-ring (bicyclic) bond motifs is 1. The third-order valence-electron chi connectivity index (χ3n) is 5.03. The van der Waals surface area contributed by atoms with Crippen LogP contribution in [0.25, 0.3) is 11.0 Å². The number of aromatic nitrogens is 5. The lowest BCUT2D eigenvalue weighted by atomic mass is 9.96. The highest BCUT2D eigenvalue weighted by Gasteiger charge is 2.29. The molecule has 0 saturated carbocycles. The summed E-state index contributed by atoms with van der Waals surface area (Å²) in [7, 11) is 6.02. The Kier molecular flexibility index (Phi) is 4.61. The molecule has 3 aromatic rings. The maximum Gasteiger partial charge on any atom is 0.253 e. The predicted octanol–water partition coefficient (Wildman–Crippen LogP) is 1.43. The maximum atomic E-state index is 13.0. The molecule has 1 atom stereocenters. The molecule has 1 amide bonds. The molecule has 142 valence electrons. The smallest absolute Gasteiger partial charge is 0.253 e. The minimum Gasteiger partial charge on any atom is -0.338 e. The van der Waals surface area contributed by atoms with Gasteiger partial charge in [0.15, 0.2) is 0 Å². The molecular weight excluding hydrogens is 346 g/mol. The van der Waals surface area contributed by atoms with Gasteiger partial charge >= 0.3 is 0 Å². The minimum atomic E-state index is 0.000262. The van der Waals surface area contributed by atoms with Crippen LogP contribution in [0.2, 0.25) is 0 Å². The van der Waals surface area contributed by atoms with Crippen LogP contribution < -0.4 is 0 Å². The quantitative estimate of drug-likeness (QED) is 0.687. The molecule has 2 aromatic heterocycles. The van der Waals surface area contributed by atoms with Crippen molar-refractivity contribution in [3.63, 3.8) is 0 Å². The molecule has 9 heteroatoms. The van der Waals surface area contributed by atoms with E-state index in [2.05, 4.69) is 30.0 Å². The van der Waals surface area contributed by atoms with E-state index < -0.39 is 0 Å². The van der Waals surface area contributed by atoms with Crippen LogP contribution in [0.1, 0.15) is 40.8 Å². The third kappa shape index (κ3) is 3.42. The monoisotopic (exact) mass is 369 g/mol. The van der Waals surface area contributed by atoms with E-state index >= 15 is 0 Å². The first-order chi connectivity index (χ1) is 13.0. The number of piperidine rings is 1. The molecule has 4 rings (SSSR count). The van der Waals surface area contributed by atoms with Crippen LogP contribution in [0.4, 0.5) is 0 Å². The molecule has 1 fully saturated rings. The van der Waals surface area contributed by atoms with Crippen molar-refractivity contribution < 1.29 is 9.42 Å². The first-order valence-corrected chi connectivity index (χ1v) is 9.07. The number of carbonyl (C=O) groups is 1. The number of carbonyl (C=O) groups excluding carboxylic acids is 1. The van der Waals surface area contributed by atoms with Gasteiger partial charge < -0.3 is 14.4 Å². The summed E-state index contributed by atoms with van der Waals surface area (Å²) in [5.41, 5.74) is 1.84. The second-order valence-electron chi connectivity index (χ2n) is 7.33. The Morgan fingerprint density at radius 1 is 1.26 bits per heavy atom. The Bertz CT molecular complexity index is 962. The van der Waals surface area contributed by atoms with Gasteiger partial charge in [0, 0.05) is 31.6 Å². The van der Waals surface area contributed by atoms with Crippen molar-refractivity contribution in [2.24, 2.45) is 7.05 Å². The van der Waals surface area contributed by atoms with Gasteiger partial charge in [0.25, 0.3) is 5.91 Å². The average Bonchev–Trinajstić information content (AvgIpc) is 3.27. The van der Waals surface area contributed by atoms with Crippen molar-refractivity contribution in [2.45, 2.75) is 25.3 Å². The van der Waals surface area contributed by atoms with E-state index in [1.165, 1.54) is 0 Å². The molecular formula is C18H23N7O2. The van der Waals surface area contributed by atoms with Crippen LogP contribution in [-0.2, 0) is 13.6 Å². The highest BCUT2D eigenvalue weighted by molar-refractivity contribution is 5.97. The Morgan fingerprint density at radius 2 is 2.07 bits per heavy atom. The SMILES string of the molecule is CN(C)Cc1nnc([C@H]2CCCN(C(=O)c3ccc4nonc4c3)C2)n1C. The molecule has 0 aliphatic carbocycles. The number of benzene rings is 1. The third-order valence-corrected chi connectivity index (χ3v) is 5.03. The highest BCUT2D eigenvalue weighted by atomic mass is 16.6. The van der Waals surface area contributed by atoms with Crippen LogP contribution in [0.3, 0.4) is 0 Å². The Balaban J connectivity index is 1.52. The van der Waals surface area contributed by atoms with Crippen molar-refractivity contribution in [3.05, 3.63) is 35.4 Å². The number of hydrogen-bond donors (Lipinski definition) is 0. The van der Waals surface area contributed by atoms with E-state index in [1.54, 1.807) is 18.2 Å². The minimum absolute atomic E-state index is 0.000262. The zero-order valence-corrected chi connectivity index (χ0v) is 15.8. The lowest BCUT2D eigenvalue weighted by molar-refractivity contribution is 0.0703. The lowest BCUT2D eigenvalue weighted by Gasteiger charge is -2.32. The Morgan fingerprint density at radius 3 is 2.89 bits per heavy atom. The summed E-state index contributed by atoms with van der Waals surface area (Å²) in [6, 6.07) is 5.27. The first kappa shape index (κ1) is 17.6. The summed E-state index contributed by atoms with van der Waals surface area (Å²) in [6.07, 6.45) is 1.95. The summed E-state index contributed by atoms with van der Waals surface area (Å²) in [6.45, 7) is 2.12. The van der Waals surface area contributed by atoms with Crippen LogP contribution in [-0.4, -0.2) is 68.0 Å². The Hall–Kier alpha value is -2.81. The molecule has 9 nitrogen and oxygen atoms in total. The molecule has 27 heavy (non-hydrogen) atoms. The van der Waals surface area contributed by atoms with Gasteiger partial charge in [-0.25, -0.2) is 4.63 Å². The molecule has 0 N–H and O–H groups in total. The molecule has 3 heterocycles. The van der Waals surface area contributed by atoms with Gasteiger partial charge in [0.2, 0.25) is 0 Å². The van der Waals surface area contributed by atoms with Gasteiger partial charge in [-0.3, -0.25) is 4.79 Å². The normalized spacial score (nSPS) is 17.8. The summed E-state index contributed by atoms with van der Waals surface area (Å²) in [5.74, 6) is 2.07. The van der Waals surface area contributed by atoms with Gasteiger partial charge in [-0.15, -0.1) is 10.2 Å². The van der Waals surface area contributed by atoms with Crippen molar-refractivity contribution in [2.75, 3.05) is 27.2 Å². The number of hydrogen-bond acceptors (Lipinski definition) is 7. The summed E-state index contributed by atoms with van der Waals surface area (Å²) >= 11 is 0. The van der Waals surface area contributed by atoms with Gasteiger partial charge in [-0.05, 0) is 55.4 Å². The fourth-order valence-corrected chi connectivity index (χ4v) is 3.62. The van der Waals surface area contributed by atoms with E-state index in [-0.39, 0.29) is 11.8 Å². The van der Waals surface area contributed by atoms with Gasteiger partial charge in [-0.2, -0.15) is 0 Å². The van der Waals surface area contributed by atoms with E-state index in [0.717, 1.165) is 37.6 Å². The number of nitrogens with zero attached hydrogens (tertiary/aromatic N) is 7. The number of likely N-dealkylation sites (tertiary alicyclic amines) is 1. The number of amides is 1. The van der Waals surface area contributed by atoms with Crippen molar-refractivity contribution >= 4 is 16.9 Å². The molecule has 1 aliphatic heterocycles. The van der Waals surface area contributed by atoms with Crippen molar-refractivity contribution in [3.8, 4) is 0 Å². The first-order valence-electron chi connectivity index (χ1n) is 9.07. The van der Waals surface area contributed by atoms with Gasteiger partial charge in [0.1, 0.15) is 22.7 Å². The van der Waals surface area contributed by atoms with E-state index in [4.69, 9.17) is 4.63 Å². The zero-order chi connectivity index (χ0) is 19.0. The molecule has 0 spiro atoms.